The van der Waals surface area contributed by atoms with Crippen LogP contribution in [0.15, 0.2) is 0 Å². The third-order valence-corrected chi connectivity index (χ3v) is 2.07. The highest BCUT2D eigenvalue weighted by Crippen LogP contribution is 1.99. The van der Waals surface area contributed by atoms with E-state index in [-0.39, 0.29) is 12.5 Å². The lowest BCUT2D eigenvalue weighted by molar-refractivity contribution is -0.138. The summed E-state index contributed by atoms with van der Waals surface area (Å²) in [5.41, 5.74) is 5.29. The molecule has 1 aliphatic rings. The number of rotatable bonds is 2. The van der Waals surface area contributed by atoms with E-state index in [9.17, 15) is 4.79 Å². The molecule has 0 aromatic carbocycles. The summed E-state index contributed by atoms with van der Waals surface area (Å²) in [4.78, 5) is 13.9. The summed E-state index contributed by atoms with van der Waals surface area (Å²) in [7, 11) is 0. The van der Waals surface area contributed by atoms with Crippen LogP contribution >= 0.6 is 0 Å². The zero-order chi connectivity index (χ0) is 9.84. The molecule has 0 spiro atoms. The molecule has 0 bridgehead atoms. The van der Waals surface area contributed by atoms with Crippen molar-refractivity contribution in [1.82, 2.24) is 9.80 Å². The highest BCUT2D eigenvalue weighted by Gasteiger charge is 2.18. The van der Waals surface area contributed by atoms with Crippen LogP contribution in [0.2, 0.25) is 0 Å². The summed E-state index contributed by atoms with van der Waals surface area (Å²) in [6, 6.07) is 0. The summed E-state index contributed by atoms with van der Waals surface area (Å²) < 4.78 is 0. The lowest BCUT2D eigenvalue weighted by Crippen LogP contribution is -2.51. The number of carbonyl (C=O) groups is 1. The van der Waals surface area contributed by atoms with Crippen molar-refractivity contribution >= 4 is 11.9 Å². The molecule has 6 heteroatoms. The van der Waals surface area contributed by atoms with Crippen molar-refractivity contribution < 1.29 is 9.90 Å². The summed E-state index contributed by atoms with van der Waals surface area (Å²) in [6.07, 6.45) is 0. The molecule has 1 fully saturated rings. The maximum atomic E-state index is 10.4. The van der Waals surface area contributed by atoms with Crippen LogP contribution in [0.25, 0.3) is 0 Å². The normalized spacial score (nSPS) is 18.6. The van der Waals surface area contributed by atoms with Crippen molar-refractivity contribution in [1.29, 1.82) is 5.41 Å². The Labute approximate surface area is 76.4 Å². The third kappa shape index (κ3) is 2.90. The van der Waals surface area contributed by atoms with Gasteiger partial charge in [-0.2, -0.15) is 0 Å². The average molecular weight is 186 g/mol. The number of aliphatic carboxylic acids is 1. The van der Waals surface area contributed by atoms with E-state index in [0.29, 0.717) is 26.2 Å². The van der Waals surface area contributed by atoms with Crippen molar-refractivity contribution in [3.05, 3.63) is 0 Å². The molecule has 1 heterocycles. The number of carboxylic acid groups (broad SMARTS) is 1. The molecule has 1 saturated heterocycles. The molecule has 4 N–H and O–H groups in total. The fraction of sp³-hybridized carbons (Fsp3) is 0.714. The van der Waals surface area contributed by atoms with Gasteiger partial charge in [0, 0.05) is 26.2 Å². The van der Waals surface area contributed by atoms with Crippen molar-refractivity contribution in [2.75, 3.05) is 32.7 Å². The van der Waals surface area contributed by atoms with Crippen LogP contribution in [0.1, 0.15) is 0 Å². The van der Waals surface area contributed by atoms with E-state index in [0.717, 1.165) is 0 Å². The first kappa shape index (κ1) is 9.79. The quantitative estimate of drug-likeness (QED) is 0.363. The van der Waals surface area contributed by atoms with Gasteiger partial charge in [0.1, 0.15) is 0 Å². The van der Waals surface area contributed by atoms with E-state index in [1.54, 1.807) is 4.90 Å². The fourth-order valence-electron chi connectivity index (χ4n) is 1.34. The highest BCUT2D eigenvalue weighted by atomic mass is 16.4. The first-order valence-electron chi connectivity index (χ1n) is 4.12. The Hall–Kier alpha value is -1.30. The van der Waals surface area contributed by atoms with Gasteiger partial charge in [-0.3, -0.25) is 15.1 Å². The summed E-state index contributed by atoms with van der Waals surface area (Å²) in [5.74, 6) is -0.744. The molecule has 0 amide bonds. The number of nitrogens with two attached hydrogens (primary N) is 1. The zero-order valence-electron chi connectivity index (χ0n) is 7.36. The van der Waals surface area contributed by atoms with Gasteiger partial charge in [-0.25, -0.2) is 0 Å². The number of hydrogen-bond acceptors (Lipinski definition) is 3. The third-order valence-electron chi connectivity index (χ3n) is 2.07. The molecule has 1 aliphatic heterocycles. The van der Waals surface area contributed by atoms with E-state index in [1.165, 1.54) is 0 Å². The van der Waals surface area contributed by atoms with Gasteiger partial charge in [0.05, 0.1) is 6.54 Å². The highest BCUT2D eigenvalue weighted by molar-refractivity contribution is 5.74. The molecular formula is C7H14N4O2. The monoisotopic (exact) mass is 186 g/mol. The molecule has 0 radical (unpaired) electrons. The van der Waals surface area contributed by atoms with Crippen LogP contribution in [0, 0.1) is 5.41 Å². The second-order valence-corrected chi connectivity index (χ2v) is 3.04. The van der Waals surface area contributed by atoms with Gasteiger partial charge in [-0.1, -0.05) is 0 Å². The molecule has 1 rings (SSSR count). The molecule has 0 atom stereocenters. The molecule has 13 heavy (non-hydrogen) atoms. The largest absolute Gasteiger partial charge is 0.480 e. The molecule has 6 nitrogen and oxygen atoms in total. The van der Waals surface area contributed by atoms with Crippen molar-refractivity contribution in [2.24, 2.45) is 5.73 Å². The van der Waals surface area contributed by atoms with Crippen LogP contribution in [0.4, 0.5) is 0 Å². The number of carboxylic acids is 1. The summed E-state index contributed by atoms with van der Waals surface area (Å²) in [5, 5.41) is 15.7. The Kier molecular flexibility index (Phi) is 3.07. The Morgan fingerprint density at radius 2 is 1.92 bits per heavy atom. The van der Waals surface area contributed by atoms with Gasteiger partial charge in [0.15, 0.2) is 5.96 Å². The van der Waals surface area contributed by atoms with Crippen molar-refractivity contribution in [3.8, 4) is 0 Å². The van der Waals surface area contributed by atoms with Crippen LogP contribution in [-0.2, 0) is 4.79 Å². The van der Waals surface area contributed by atoms with Crippen LogP contribution in [0.5, 0.6) is 0 Å². The van der Waals surface area contributed by atoms with E-state index >= 15 is 0 Å². The standard InChI is InChI=1S/C7H14N4O2/c8-7(9)11-3-1-10(2-4-11)5-6(12)13/h1-5H2,(H3,8,9)(H,12,13). The minimum atomic E-state index is -0.809. The molecule has 0 saturated carbocycles. The van der Waals surface area contributed by atoms with E-state index < -0.39 is 5.97 Å². The van der Waals surface area contributed by atoms with Crippen molar-refractivity contribution in [3.63, 3.8) is 0 Å². The second-order valence-electron chi connectivity index (χ2n) is 3.04. The number of nitrogens with one attached hydrogen (secondary N) is 1. The first-order valence-corrected chi connectivity index (χ1v) is 4.12. The maximum Gasteiger partial charge on any atom is 0.317 e. The lowest BCUT2D eigenvalue weighted by atomic mass is 10.3. The Balaban J connectivity index is 2.30. The minimum absolute atomic E-state index is 0.0648. The summed E-state index contributed by atoms with van der Waals surface area (Å²) in [6.45, 7) is 2.68. The molecular weight excluding hydrogens is 172 g/mol. The zero-order valence-corrected chi connectivity index (χ0v) is 7.36. The van der Waals surface area contributed by atoms with Gasteiger partial charge in [-0.05, 0) is 0 Å². The van der Waals surface area contributed by atoms with E-state index in [4.69, 9.17) is 16.2 Å². The van der Waals surface area contributed by atoms with Crippen molar-refractivity contribution in [2.45, 2.75) is 0 Å². The Bertz CT molecular complexity index is 211. The number of guanidine groups is 1. The number of hydrogen-bond donors (Lipinski definition) is 3. The van der Waals surface area contributed by atoms with Gasteiger partial charge in [-0.15, -0.1) is 0 Å². The second kappa shape index (κ2) is 4.08. The van der Waals surface area contributed by atoms with Crippen LogP contribution in [-0.4, -0.2) is 59.6 Å². The smallest absolute Gasteiger partial charge is 0.317 e. The fourth-order valence-corrected chi connectivity index (χ4v) is 1.34. The molecule has 74 valence electrons. The first-order chi connectivity index (χ1) is 6.09. The van der Waals surface area contributed by atoms with Gasteiger partial charge >= 0.3 is 5.97 Å². The lowest BCUT2D eigenvalue weighted by Gasteiger charge is -2.33. The summed E-state index contributed by atoms with van der Waals surface area (Å²) >= 11 is 0. The number of piperazine rings is 1. The Morgan fingerprint density at radius 1 is 1.38 bits per heavy atom. The number of nitrogens with zero attached hydrogens (tertiary/aromatic N) is 2. The molecule has 0 aromatic rings. The van der Waals surface area contributed by atoms with Crippen LogP contribution < -0.4 is 5.73 Å². The van der Waals surface area contributed by atoms with E-state index in [1.807, 2.05) is 4.90 Å². The van der Waals surface area contributed by atoms with Gasteiger partial charge in [0.25, 0.3) is 0 Å². The van der Waals surface area contributed by atoms with E-state index in [2.05, 4.69) is 0 Å². The van der Waals surface area contributed by atoms with Crippen LogP contribution in [0.3, 0.4) is 0 Å². The SMILES string of the molecule is N=C(N)N1CCN(CC(=O)O)CC1. The predicted molar refractivity (Wildman–Crippen MR) is 47.6 cm³/mol. The van der Waals surface area contributed by atoms with Gasteiger partial charge in [0.2, 0.25) is 0 Å². The molecule has 0 unspecified atom stereocenters. The average Bonchev–Trinajstić information content (AvgIpc) is 2.04. The topological polar surface area (TPSA) is 93.7 Å². The molecule has 0 aromatic heterocycles. The Morgan fingerprint density at radius 3 is 2.31 bits per heavy atom. The van der Waals surface area contributed by atoms with Gasteiger partial charge < -0.3 is 15.7 Å². The maximum absolute atomic E-state index is 10.4. The predicted octanol–water partition coefficient (Wildman–Crippen LogP) is -1.42. The minimum Gasteiger partial charge on any atom is -0.480 e. The molecule has 0 aliphatic carbocycles.